The standard InChI is InChI=1S/C10H18N2O5/c1-17-7-2-4-12(5-3-7)10(16)11-8(6-13)9(14)15/h7-8,13H,2-6H2,1H3,(H,11,16)(H,14,15)/t8-/m1/s1. The second-order valence-corrected chi connectivity index (χ2v) is 3.94. The number of hydrogen-bond donors (Lipinski definition) is 3. The summed E-state index contributed by atoms with van der Waals surface area (Å²) in [5.41, 5.74) is 0. The molecule has 2 amide bonds. The second-order valence-electron chi connectivity index (χ2n) is 3.94. The number of aliphatic carboxylic acids is 1. The van der Waals surface area contributed by atoms with Gasteiger partial charge in [-0.3, -0.25) is 0 Å². The van der Waals surface area contributed by atoms with Crippen LogP contribution in [0.2, 0.25) is 0 Å². The Hall–Kier alpha value is -1.34. The molecule has 1 fully saturated rings. The lowest BCUT2D eigenvalue weighted by atomic mass is 10.1. The van der Waals surface area contributed by atoms with Gasteiger partial charge in [0.25, 0.3) is 0 Å². The molecule has 17 heavy (non-hydrogen) atoms. The minimum atomic E-state index is -1.25. The largest absolute Gasteiger partial charge is 0.480 e. The molecule has 0 aromatic rings. The maximum Gasteiger partial charge on any atom is 0.328 e. The highest BCUT2D eigenvalue weighted by Crippen LogP contribution is 2.12. The molecule has 98 valence electrons. The molecule has 7 heteroatoms. The van der Waals surface area contributed by atoms with Gasteiger partial charge < -0.3 is 25.2 Å². The van der Waals surface area contributed by atoms with Gasteiger partial charge in [0.15, 0.2) is 6.04 Å². The van der Waals surface area contributed by atoms with Gasteiger partial charge >= 0.3 is 12.0 Å². The summed E-state index contributed by atoms with van der Waals surface area (Å²) < 4.78 is 5.17. The molecule has 7 nitrogen and oxygen atoms in total. The predicted molar refractivity (Wildman–Crippen MR) is 58.6 cm³/mol. The van der Waals surface area contributed by atoms with Gasteiger partial charge in [0.1, 0.15) is 0 Å². The Morgan fingerprint density at radius 3 is 2.47 bits per heavy atom. The number of rotatable bonds is 4. The van der Waals surface area contributed by atoms with Crippen LogP contribution in [0.5, 0.6) is 0 Å². The highest BCUT2D eigenvalue weighted by atomic mass is 16.5. The minimum Gasteiger partial charge on any atom is -0.480 e. The number of urea groups is 1. The van der Waals surface area contributed by atoms with E-state index in [1.807, 2.05) is 0 Å². The Bertz CT molecular complexity index is 276. The lowest BCUT2D eigenvalue weighted by Gasteiger charge is -2.31. The van der Waals surface area contributed by atoms with E-state index in [0.29, 0.717) is 13.1 Å². The van der Waals surface area contributed by atoms with Crippen LogP contribution in [-0.4, -0.2) is 66.1 Å². The van der Waals surface area contributed by atoms with E-state index < -0.39 is 24.6 Å². The van der Waals surface area contributed by atoms with Crippen molar-refractivity contribution in [2.45, 2.75) is 25.0 Å². The molecule has 0 aromatic carbocycles. The summed E-state index contributed by atoms with van der Waals surface area (Å²) in [6.45, 7) is 0.444. The Labute approximate surface area is 99.4 Å². The Kier molecular flexibility index (Phi) is 5.17. The molecular weight excluding hydrogens is 228 g/mol. The van der Waals surface area contributed by atoms with E-state index in [9.17, 15) is 9.59 Å². The van der Waals surface area contributed by atoms with Crippen LogP contribution >= 0.6 is 0 Å². The number of nitrogens with zero attached hydrogens (tertiary/aromatic N) is 1. The number of amides is 2. The molecule has 1 saturated heterocycles. The monoisotopic (exact) mass is 246 g/mol. The Balaban J connectivity index is 2.41. The van der Waals surface area contributed by atoms with Crippen molar-refractivity contribution in [1.82, 2.24) is 10.2 Å². The van der Waals surface area contributed by atoms with Gasteiger partial charge in [0, 0.05) is 20.2 Å². The zero-order valence-electron chi connectivity index (χ0n) is 9.76. The molecule has 0 aliphatic carbocycles. The van der Waals surface area contributed by atoms with Crippen LogP contribution < -0.4 is 5.32 Å². The fourth-order valence-corrected chi connectivity index (χ4v) is 1.72. The number of aliphatic hydroxyl groups excluding tert-OH is 1. The molecule has 1 aliphatic heterocycles. The van der Waals surface area contributed by atoms with Gasteiger partial charge in [-0.1, -0.05) is 0 Å². The first-order chi connectivity index (χ1) is 8.08. The molecule has 1 heterocycles. The number of nitrogens with one attached hydrogen (secondary N) is 1. The smallest absolute Gasteiger partial charge is 0.328 e. The van der Waals surface area contributed by atoms with Crippen molar-refractivity contribution in [3.8, 4) is 0 Å². The second kappa shape index (κ2) is 6.41. The fourth-order valence-electron chi connectivity index (χ4n) is 1.72. The lowest BCUT2D eigenvalue weighted by Crippen LogP contribution is -2.52. The number of carboxylic acid groups (broad SMARTS) is 1. The first kappa shape index (κ1) is 13.7. The summed E-state index contributed by atoms with van der Waals surface area (Å²) in [5.74, 6) is -1.24. The summed E-state index contributed by atoms with van der Waals surface area (Å²) in [4.78, 5) is 23.8. The number of hydrogen-bond acceptors (Lipinski definition) is 4. The molecule has 0 saturated carbocycles. The predicted octanol–water partition coefficient (Wildman–Crippen LogP) is -0.748. The van der Waals surface area contributed by atoms with Crippen LogP contribution in [0.25, 0.3) is 0 Å². The van der Waals surface area contributed by atoms with Crippen LogP contribution in [-0.2, 0) is 9.53 Å². The van der Waals surface area contributed by atoms with E-state index in [1.54, 1.807) is 7.11 Å². The zero-order valence-corrected chi connectivity index (χ0v) is 9.76. The normalized spacial score (nSPS) is 18.8. The van der Waals surface area contributed by atoms with Crippen LogP contribution in [0.3, 0.4) is 0 Å². The number of piperidine rings is 1. The van der Waals surface area contributed by atoms with Crippen LogP contribution in [0.15, 0.2) is 0 Å². The number of methoxy groups -OCH3 is 1. The van der Waals surface area contributed by atoms with E-state index in [-0.39, 0.29) is 6.10 Å². The maximum absolute atomic E-state index is 11.7. The molecule has 0 spiro atoms. The average Bonchev–Trinajstić information content (AvgIpc) is 2.35. The van der Waals surface area contributed by atoms with Crippen molar-refractivity contribution in [3.05, 3.63) is 0 Å². The minimum absolute atomic E-state index is 0.159. The van der Waals surface area contributed by atoms with Crippen LogP contribution in [0, 0.1) is 0 Å². The van der Waals surface area contributed by atoms with Crippen molar-refractivity contribution in [3.63, 3.8) is 0 Å². The molecule has 3 N–H and O–H groups in total. The van der Waals surface area contributed by atoms with Crippen molar-refractivity contribution < 1.29 is 24.5 Å². The number of carboxylic acids is 1. The van der Waals surface area contributed by atoms with E-state index in [0.717, 1.165) is 12.8 Å². The van der Waals surface area contributed by atoms with Crippen molar-refractivity contribution >= 4 is 12.0 Å². The zero-order chi connectivity index (χ0) is 12.8. The third-order valence-corrected chi connectivity index (χ3v) is 2.84. The summed E-state index contributed by atoms with van der Waals surface area (Å²) in [5, 5.41) is 19.7. The van der Waals surface area contributed by atoms with E-state index >= 15 is 0 Å². The number of carbonyl (C=O) groups is 2. The fraction of sp³-hybridized carbons (Fsp3) is 0.800. The number of ether oxygens (including phenoxy) is 1. The van der Waals surface area contributed by atoms with E-state index in [2.05, 4.69) is 5.32 Å². The Morgan fingerprint density at radius 2 is 2.06 bits per heavy atom. The van der Waals surface area contributed by atoms with Gasteiger partial charge in [-0.2, -0.15) is 0 Å². The van der Waals surface area contributed by atoms with Crippen molar-refractivity contribution in [2.24, 2.45) is 0 Å². The molecule has 1 atom stereocenters. The van der Waals surface area contributed by atoms with Gasteiger partial charge in [0.05, 0.1) is 12.7 Å². The van der Waals surface area contributed by atoms with Gasteiger partial charge in [-0.05, 0) is 12.8 Å². The third kappa shape index (κ3) is 3.86. The third-order valence-electron chi connectivity index (χ3n) is 2.84. The van der Waals surface area contributed by atoms with Gasteiger partial charge in [-0.25, -0.2) is 9.59 Å². The molecule has 0 aromatic heterocycles. The number of likely N-dealkylation sites (tertiary alicyclic amines) is 1. The summed E-state index contributed by atoms with van der Waals surface area (Å²) in [7, 11) is 1.63. The molecule has 1 rings (SSSR count). The van der Waals surface area contributed by atoms with E-state index in [1.165, 1.54) is 4.90 Å². The summed E-state index contributed by atoms with van der Waals surface area (Å²) in [6.07, 6.45) is 1.63. The van der Waals surface area contributed by atoms with Gasteiger partial charge in [0.2, 0.25) is 0 Å². The van der Waals surface area contributed by atoms with E-state index in [4.69, 9.17) is 14.9 Å². The SMILES string of the molecule is COC1CCN(C(=O)N[C@H](CO)C(=O)O)CC1. The Morgan fingerprint density at radius 1 is 1.47 bits per heavy atom. The van der Waals surface area contributed by atoms with Crippen molar-refractivity contribution in [2.75, 3.05) is 26.8 Å². The maximum atomic E-state index is 11.7. The lowest BCUT2D eigenvalue weighted by molar-refractivity contribution is -0.140. The summed E-state index contributed by atoms with van der Waals surface area (Å²) >= 11 is 0. The first-order valence-corrected chi connectivity index (χ1v) is 5.50. The average molecular weight is 246 g/mol. The first-order valence-electron chi connectivity index (χ1n) is 5.50. The highest BCUT2D eigenvalue weighted by Gasteiger charge is 2.26. The molecule has 0 unspecified atom stereocenters. The van der Waals surface area contributed by atoms with Gasteiger partial charge in [-0.15, -0.1) is 0 Å². The highest BCUT2D eigenvalue weighted by molar-refractivity contribution is 5.82. The molecule has 0 radical (unpaired) electrons. The number of carbonyl (C=O) groups excluding carboxylic acids is 1. The van der Waals surface area contributed by atoms with Crippen molar-refractivity contribution in [1.29, 1.82) is 0 Å². The van der Waals surface area contributed by atoms with Crippen LogP contribution in [0.4, 0.5) is 4.79 Å². The molecule has 0 bridgehead atoms. The quantitative estimate of drug-likeness (QED) is 0.606. The summed E-state index contributed by atoms with van der Waals surface area (Å²) in [6, 6.07) is -1.70. The topological polar surface area (TPSA) is 99.1 Å². The van der Waals surface area contributed by atoms with Crippen LogP contribution in [0.1, 0.15) is 12.8 Å². The number of aliphatic hydroxyl groups is 1. The molecular formula is C10H18N2O5. The molecule has 1 aliphatic rings.